The first-order valence-electron chi connectivity index (χ1n) is 7.82. The summed E-state index contributed by atoms with van der Waals surface area (Å²) in [6.45, 7) is 1.87. The number of halogens is 3. The quantitative estimate of drug-likeness (QED) is 0.752. The Bertz CT molecular complexity index is 863. The molecule has 0 aliphatic heterocycles. The molecule has 1 aliphatic rings. The van der Waals surface area contributed by atoms with E-state index in [4.69, 9.17) is 11.6 Å². The van der Waals surface area contributed by atoms with Crippen LogP contribution in [-0.4, -0.2) is 8.42 Å². The lowest BCUT2D eigenvalue weighted by atomic mass is 9.81. The summed E-state index contributed by atoms with van der Waals surface area (Å²) in [5.41, 5.74) is 0.172. The minimum atomic E-state index is -3.86. The Kier molecular flexibility index (Phi) is 4.67. The van der Waals surface area contributed by atoms with Crippen LogP contribution in [0.4, 0.5) is 8.78 Å². The zero-order valence-corrected chi connectivity index (χ0v) is 14.7. The van der Waals surface area contributed by atoms with Crippen LogP contribution in [0.2, 0.25) is 5.02 Å². The minimum absolute atomic E-state index is 0.0111. The molecule has 24 heavy (non-hydrogen) atoms. The fourth-order valence-electron chi connectivity index (χ4n) is 3.49. The average Bonchev–Trinajstić information content (AvgIpc) is 2.57. The summed E-state index contributed by atoms with van der Waals surface area (Å²) in [6, 6.07) is 7.87. The van der Waals surface area contributed by atoms with E-state index in [0.717, 1.165) is 12.1 Å². The number of hydrogen-bond acceptors (Lipinski definition) is 2. The molecular formula is C18H17ClF2O2S. The first-order chi connectivity index (χ1) is 11.4. The summed E-state index contributed by atoms with van der Waals surface area (Å²) >= 11 is 5.83. The van der Waals surface area contributed by atoms with Gasteiger partial charge < -0.3 is 0 Å². The summed E-state index contributed by atoms with van der Waals surface area (Å²) in [5, 5.41) is -0.662. The first-order valence-corrected chi connectivity index (χ1v) is 9.75. The van der Waals surface area contributed by atoms with Crippen molar-refractivity contribution in [1.82, 2.24) is 0 Å². The molecule has 0 amide bonds. The molecule has 2 aromatic rings. The molecule has 3 rings (SSSR count). The second-order valence-corrected chi connectivity index (χ2v) is 8.55. The van der Waals surface area contributed by atoms with Crippen LogP contribution in [0.15, 0.2) is 41.3 Å². The third-order valence-corrected chi connectivity index (χ3v) is 7.20. The molecule has 0 spiro atoms. The van der Waals surface area contributed by atoms with E-state index in [-0.39, 0.29) is 21.9 Å². The fourth-order valence-corrected chi connectivity index (χ4v) is 5.82. The fraction of sp³-hybridized carbons (Fsp3) is 0.333. The van der Waals surface area contributed by atoms with Crippen molar-refractivity contribution < 1.29 is 17.2 Å². The van der Waals surface area contributed by atoms with E-state index in [1.807, 2.05) is 6.92 Å². The van der Waals surface area contributed by atoms with Crippen molar-refractivity contribution in [2.24, 2.45) is 5.92 Å². The maximum atomic E-state index is 14.5. The smallest absolute Gasteiger partial charge is 0.185 e. The Morgan fingerprint density at radius 3 is 2.33 bits per heavy atom. The molecule has 0 saturated heterocycles. The second kappa shape index (κ2) is 6.45. The molecule has 0 fully saturated rings. The number of rotatable bonds is 3. The van der Waals surface area contributed by atoms with Gasteiger partial charge in [0.2, 0.25) is 0 Å². The van der Waals surface area contributed by atoms with Crippen molar-refractivity contribution in [3.63, 3.8) is 0 Å². The molecule has 0 saturated carbocycles. The molecule has 0 radical (unpaired) electrons. The number of fused-ring (bicyclic) bond motifs is 1. The molecule has 0 heterocycles. The topological polar surface area (TPSA) is 34.1 Å². The Morgan fingerprint density at radius 1 is 1.08 bits per heavy atom. The monoisotopic (exact) mass is 370 g/mol. The van der Waals surface area contributed by atoms with Gasteiger partial charge in [0.1, 0.15) is 11.6 Å². The van der Waals surface area contributed by atoms with E-state index in [2.05, 4.69) is 0 Å². The highest BCUT2D eigenvalue weighted by Gasteiger charge is 2.41. The molecule has 128 valence electrons. The van der Waals surface area contributed by atoms with Crippen LogP contribution in [0.25, 0.3) is 0 Å². The van der Waals surface area contributed by atoms with Gasteiger partial charge in [0.15, 0.2) is 9.84 Å². The first kappa shape index (κ1) is 17.4. The molecular weight excluding hydrogens is 354 g/mol. The van der Waals surface area contributed by atoms with Crippen molar-refractivity contribution in [1.29, 1.82) is 0 Å². The zero-order valence-electron chi connectivity index (χ0n) is 13.1. The van der Waals surface area contributed by atoms with Crippen LogP contribution in [0, 0.1) is 17.6 Å². The zero-order chi connectivity index (χ0) is 17.5. The van der Waals surface area contributed by atoms with Crippen LogP contribution < -0.4 is 0 Å². The van der Waals surface area contributed by atoms with Gasteiger partial charge in [-0.3, -0.25) is 0 Å². The van der Waals surface area contributed by atoms with Gasteiger partial charge in [-0.25, -0.2) is 17.2 Å². The van der Waals surface area contributed by atoms with Gasteiger partial charge in [0.05, 0.1) is 10.1 Å². The maximum Gasteiger partial charge on any atom is 0.185 e. The third-order valence-electron chi connectivity index (χ3n) is 4.73. The molecule has 0 aromatic heterocycles. The number of sulfone groups is 1. The highest BCUT2D eigenvalue weighted by atomic mass is 35.5. The van der Waals surface area contributed by atoms with Crippen molar-refractivity contribution in [2.75, 3.05) is 0 Å². The standard InChI is InChI=1S/C18H17ClF2O2S/c1-2-11-3-8-14-15(20)9-10-16(21)17(14)18(11)24(22,23)13-6-4-12(19)5-7-13/h4-7,9-11,18H,2-3,8H2,1H3/t11-,18-/m0/s1. The van der Waals surface area contributed by atoms with Gasteiger partial charge in [0, 0.05) is 10.6 Å². The van der Waals surface area contributed by atoms with Gasteiger partial charge in [-0.05, 0) is 60.7 Å². The number of benzene rings is 2. The van der Waals surface area contributed by atoms with E-state index in [0.29, 0.717) is 24.3 Å². The third kappa shape index (κ3) is 2.84. The van der Waals surface area contributed by atoms with E-state index in [1.165, 1.54) is 24.3 Å². The van der Waals surface area contributed by atoms with Gasteiger partial charge >= 0.3 is 0 Å². The summed E-state index contributed by atoms with van der Waals surface area (Å²) in [7, 11) is -3.86. The molecule has 0 unspecified atom stereocenters. The van der Waals surface area contributed by atoms with Gasteiger partial charge in [-0.1, -0.05) is 24.9 Å². The number of hydrogen-bond donors (Lipinski definition) is 0. The lowest BCUT2D eigenvalue weighted by molar-refractivity contribution is 0.396. The van der Waals surface area contributed by atoms with Crippen LogP contribution in [0.1, 0.15) is 36.1 Å². The highest BCUT2D eigenvalue weighted by Crippen LogP contribution is 2.45. The lowest BCUT2D eigenvalue weighted by Gasteiger charge is -2.33. The molecule has 0 N–H and O–H groups in total. The van der Waals surface area contributed by atoms with Crippen LogP contribution in [-0.2, 0) is 16.3 Å². The Hall–Kier alpha value is -1.46. The van der Waals surface area contributed by atoms with Crippen LogP contribution >= 0.6 is 11.6 Å². The lowest BCUT2D eigenvalue weighted by Crippen LogP contribution is -2.29. The Labute approximate surface area is 145 Å². The molecule has 1 aliphatic carbocycles. The largest absolute Gasteiger partial charge is 0.223 e. The van der Waals surface area contributed by atoms with Crippen molar-refractivity contribution in [3.8, 4) is 0 Å². The summed E-state index contributed by atoms with van der Waals surface area (Å²) in [6.07, 6.45) is 1.44. The predicted molar refractivity (Wildman–Crippen MR) is 89.8 cm³/mol. The van der Waals surface area contributed by atoms with Crippen LogP contribution in [0.5, 0.6) is 0 Å². The van der Waals surface area contributed by atoms with Crippen LogP contribution in [0.3, 0.4) is 0 Å². The molecule has 2 atom stereocenters. The Balaban J connectivity index is 2.22. The van der Waals surface area contributed by atoms with Gasteiger partial charge in [-0.2, -0.15) is 0 Å². The van der Waals surface area contributed by atoms with Crippen molar-refractivity contribution in [2.45, 2.75) is 36.3 Å². The molecule has 2 aromatic carbocycles. The summed E-state index contributed by atoms with van der Waals surface area (Å²) < 4.78 is 54.9. The van der Waals surface area contributed by atoms with Gasteiger partial charge in [-0.15, -0.1) is 0 Å². The van der Waals surface area contributed by atoms with Crippen molar-refractivity contribution >= 4 is 21.4 Å². The van der Waals surface area contributed by atoms with E-state index >= 15 is 0 Å². The molecule has 6 heteroatoms. The summed E-state index contributed by atoms with van der Waals surface area (Å²) in [5.74, 6) is -1.46. The normalized spacial score (nSPS) is 20.7. The second-order valence-electron chi connectivity index (χ2n) is 6.05. The Morgan fingerprint density at radius 2 is 1.71 bits per heavy atom. The molecule has 0 bridgehead atoms. The summed E-state index contributed by atoms with van der Waals surface area (Å²) in [4.78, 5) is 0.0758. The van der Waals surface area contributed by atoms with E-state index < -0.39 is 26.7 Å². The minimum Gasteiger partial charge on any atom is -0.223 e. The SMILES string of the molecule is CC[C@H]1CCc2c(F)ccc(F)c2[C@H]1S(=O)(=O)c1ccc(Cl)cc1. The van der Waals surface area contributed by atoms with E-state index in [9.17, 15) is 17.2 Å². The van der Waals surface area contributed by atoms with Crippen molar-refractivity contribution in [3.05, 3.63) is 64.2 Å². The maximum absolute atomic E-state index is 14.5. The predicted octanol–water partition coefficient (Wildman–Crippen LogP) is 5.11. The highest BCUT2D eigenvalue weighted by molar-refractivity contribution is 7.91. The molecule has 2 nitrogen and oxygen atoms in total. The van der Waals surface area contributed by atoms with Gasteiger partial charge in [0.25, 0.3) is 0 Å². The average molecular weight is 371 g/mol. The van der Waals surface area contributed by atoms with E-state index in [1.54, 1.807) is 0 Å².